The first-order valence-electron chi connectivity index (χ1n) is 7.64. The van der Waals surface area contributed by atoms with Crippen molar-refractivity contribution in [1.29, 1.82) is 0 Å². The Bertz CT molecular complexity index is 871. The summed E-state index contributed by atoms with van der Waals surface area (Å²) in [4.78, 5) is 27.4. The van der Waals surface area contributed by atoms with Crippen molar-refractivity contribution in [1.82, 2.24) is 14.9 Å². The first-order chi connectivity index (χ1) is 11.6. The fourth-order valence-corrected chi connectivity index (χ4v) is 2.57. The minimum Gasteiger partial charge on any atom is -0.350 e. The van der Waals surface area contributed by atoms with Gasteiger partial charge in [0, 0.05) is 37.4 Å². The zero-order chi connectivity index (χ0) is 16.9. The number of rotatable bonds is 5. The molecule has 0 aliphatic rings. The Hall–Kier alpha value is -3.15. The van der Waals surface area contributed by atoms with Crippen LogP contribution < -0.4 is 10.6 Å². The Labute approximate surface area is 139 Å². The van der Waals surface area contributed by atoms with Gasteiger partial charge in [0.15, 0.2) is 0 Å². The molecule has 0 saturated heterocycles. The fourth-order valence-electron chi connectivity index (χ4n) is 2.57. The topological polar surface area (TPSA) is 76.0 Å². The number of aromatic nitrogens is 2. The third kappa shape index (κ3) is 3.60. The molecule has 6 heteroatoms. The Morgan fingerprint density at radius 3 is 2.67 bits per heavy atom. The number of hydrogen-bond donors (Lipinski definition) is 2. The second-order valence-corrected chi connectivity index (χ2v) is 5.50. The molecule has 0 fully saturated rings. The van der Waals surface area contributed by atoms with E-state index < -0.39 is 0 Å². The van der Waals surface area contributed by atoms with Gasteiger partial charge in [-0.3, -0.25) is 14.6 Å². The van der Waals surface area contributed by atoms with E-state index in [9.17, 15) is 9.59 Å². The molecule has 0 unspecified atom stereocenters. The molecule has 0 saturated carbocycles. The van der Waals surface area contributed by atoms with Gasteiger partial charge >= 0.3 is 0 Å². The third-order valence-corrected chi connectivity index (χ3v) is 3.68. The lowest BCUT2D eigenvalue weighted by molar-refractivity contribution is -0.121. The monoisotopic (exact) mass is 322 g/mol. The zero-order valence-electron chi connectivity index (χ0n) is 13.3. The minimum absolute atomic E-state index is 0.0748. The number of fused-ring (bicyclic) bond motifs is 1. The number of nitrogens with one attached hydrogen (secondary N) is 2. The van der Waals surface area contributed by atoms with Gasteiger partial charge in [0.1, 0.15) is 6.54 Å². The predicted molar refractivity (Wildman–Crippen MR) is 92.3 cm³/mol. The van der Waals surface area contributed by atoms with Gasteiger partial charge in [0.25, 0.3) is 0 Å². The second-order valence-electron chi connectivity index (χ2n) is 5.50. The number of carbonyl (C=O) groups excluding carboxylic acids is 2. The van der Waals surface area contributed by atoms with Crippen molar-refractivity contribution < 1.29 is 9.59 Å². The summed E-state index contributed by atoms with van der Waals surface area (Å²) >= 11 is 0. The van der Waals surface area contributed by atoms with E-state index in [1.54, 1.807) is 12.4 Å². The van der Waals surface area contributed by atoms with E-state index in [1.165, 1.54) is 6.92 Å². The molecule has 2 amide bonds. The first kappa shape index (κ1) is 15.7. The molecule has 6 nitrogen and oxygen atoms in total. The Morgan fingerprint density at radius 2 is 1.92 bits per heavy atom. The van der Waals surface area contributed by atoms with Gasteiger partial charge in [-0.15, -0.1) is 0 Å². The highest BCUT2D eigenvalue weighted by atomic mass is 16.2. The number of anilines is 1. The SMILES string of the molecule is CC(=O)Nc1cccc2c1ccn2CC(=O)NCc1ccncc1. The Balaban J connectivity index is 1.71. The number of amides is 2. The lowest BCUT2D eigenvalue weighted by atomic mass is 10.2. The maximum Gasteiger partial charge on any atom is 0.240 e. The Kier molecular flexibility index (Phi) is 4.56. The molecule has 1 aromatic carbocycles. The van der Waals surface area contributed by atoms with Crippen molar-refractivity contribution >= 4 is 28.4 Å². The Morgan fingerprint density at radius 1 is 1.12 bits per heavy atom. The maximum atomic E-state index is 12.2. The largest absolute Gasteiger partial charge is 0.350 e. The number of benzene rings is 1. The number of pyridine rings is 1. The van der Waals surface area contributed by atoms with E-state index in [2.05, 4.69) is 15.6 Å². The molecule has 2 heterocycles. The van der Waals surface area contributed by atoms with Crippen LogP contribution in [-0.4, -0.2) is 21.4 Å². The van der Waals surface area contributed by atoms with Gasteiger partial charge in [0.2, 0.25) is 11.8 Å². The minimum atomic E-state index is -0.120. The summed E-state index contributed by atoms with van der Waals surface area (Å²) < 4.78 is 1.86. The molecule has 24 heavy (non-hydrogen) atoms. The molecule has 2 N–H and O–H groups in total. The van der Waals surface area contributed by atoms with Gasteiger partial charge in [-0.2, -0.15) is 0 Å². The van der Waals surface area contributed by atoms with Crippen molar-refractivity contribution in [2.75, 3.05) is 5.32 Å². The highest BCUT2D eigenvalue weighted by Gasteiger charge is 2.09. The smallest absolute Gasteiger partial charge is 0.240 e. The van der Waals surface area contributed by atoms with E-state index in [-0.39, 0.29) is 18.4 Å². The van der Waals surface area contributed by atoms with Crippen LogP contribution >= 0.6 is 0 Å². The van der Waals surface area contributed by atoms with Gasteiger partial charge < -0.3 is 15.2 Å². The quantitative estimate of drug-likeness (QED) is 0.757. The van der Waals surface area contributed by atoms with Gasteiger partial charge in [-0.05, 0) is 35.9 Å². The number of hydrogen-bond acceptors (Lipinski definition) is 3. The molecule has 122 valence electrons. The van der Waals surface area contributed by atoms with Crippen molar-refractivity contribution in [3.8, 4) is 0 Å². The van der Waals surface area contributed by atoms with Gasteiger partial charge in [-0.1, -0.05) is 6.07 Å². The zero-order valence-corrected chi connectivity index (χ0v) is 13.3. The lowest BCUT2D eigenvalue weighted by Gasteiger charge is -2.09. The van der Waals surface area contributed by atoms with Crippen LogP contribution in [0.2, 0.25) is 0 Å². The molecular weight excluding hydrogens is 304 g/mol. The molecule has 3 rings (SSSR count). The fraction of sp³-hybridized carbons (Fsp3) is 0.167. The van der Waals surface area contributed by atoms with Crippen LogP contribution in [0.3, 0.4) is 0 Å². The summed E-state index contributed by atoms with van der Waals surface area (Å²) in [6, 6.07) is 11.3. The van der Waals surface area contributed by atoms with Crippen LogP contribution in [0.25, 0.3) is 10.9 Å². The van der Waals surface area contributed by atoms with E-state index in [0.29, 0.717) is 6.54 Å². The summed E-state index contributed by atoms with van der Waals surface area (Å²) in [6.07, 6.45) is 5.25. The van der Waals surface area contributed by atoms with Crippen LogP contribution in [0.1, 0.15) is 12.5 Å². The summed E-state index contributed by atoms with van der Waals surface area (Å²) in [6.45, 7) is 2.16. The highest BCUT2D eigenvalue weighted by molar-refractivity contribution is 6.01. The van der Waals surface area contributed by atoms with Crippen LogP contribution in [0.4, 0.5) is 5.69 Å². The van der Waals surface area contributed by atoms with Crippen LogP contribution in [0.5, 0.6) is 0 Å². The third-order valence-electron chi connectivity index (χ3n) is 3.68. The van der Waals surface area contributed by atoms with E-state index in [4.69, 9.17) is 0 Å². The first-order valence-corrected chi connectivity index (χ1v) is 7.64. The molecule has 0 bridgehead atoms. The molecule has 0 aliphatic heterocycles. The van der Waals surface area contributed by atoms with E-state index in [0.717, 1.165) is 22.2 Å². The molecular formula is C18H18N4O2. The molecule has 0 radical (unpaired) electrons. The standard InChI is InChI=1S/C18H18N4O2/c1-13(23)21-16-3-2-4-17-15(16)7-10-22(17)12-18(24)20-11-14-5-8-19-9-6-14/h2-10H,11-12H2,1H3,(H,20,24)(H,21,23). The molecule has 3 aromatic rings. The summed E-state index contributed by atoms with van der Waals surface area (Å²) in [5.74, 6) is -0.195. The maximum absolute atomic E-state index is 12.2. The lowest BCUT2D eigenvalue weighted by Crippen LogP contribution is -2.26. The van der Waals surface area contributed by atoms with Crippen LogP contribution in [0, 0.1) is 0 Å². The van der Waals surface area contributed by atoms with Crippen molar-refractivity contribution in [2.24, 2.45) is 0 Å². The van der Waals surface area contributed by atoms with E-state index in [1.807, 2.05) is 47.2 Å². The van der Waals surface area contributed by atoms with Gasteiger partial charge in [0.05, 0.1) is 11.2 Å². The summed E-state index contributed by atoms with van der Waals surface area (Å²) in [5.41, 5.74) is 2.65. The van der Waals surface area contributed by atoms with Crippen LogP contribution in [-0.2, 0) is 22.7 Å². The molecule has 0 atom stereocenters. The van der Waals surface area contributed by atoms with Crippen molar-refractivity contribution in [3.63, 3.8) is 0 Å². The van der Waals surface area contributed by atoms with E-state index >= 15 is 0 Å². The second kappa shape index (κ2) is 6.95. The predicted octanol–water partition coefficient (Wildman–Crippen LogP) is 2.31. The van der Waals surface area contributed by atoms with Gasteiger partial charge in [-0.25, -0.2) is 0 Å². The summed E-state index contributed by atoms with van der Waals surface area (Å²) in [7, 11) is 0. The van der Waals surface area contributed by atoms with Crippen molar-refractivity contribution in [3.05, 3.63) is 60.6 Å². The van der Waals surface area contributed by atoms with Crippen LogP contribution in [0.15, 0.2) is 55.0 Å². The molecule has 2 aromatic heterocycles. The number of nitrogens with zero attached hydrogens (tertiary/aromatic N) is 2. The van der Waals surface area contributed by atoms with Crippen molar-refractivity contribution in [2.45, 2.75) is 20.0 Å². The average molecular weight is 322 g/mol. The highest BCUT2D eigenvalue weighted by Crippen LogP contribution is 2.24. The summed E-state index contributed by atoms with van der Waals surface area (Å²) in [5, 5.41) is 6.61. The normalized spacial score (nSPS) is 10.5. The molecule has 0 spiro atoms. The molecule has 0 aliphatic carbocycles. The number of carbonyl (C=O) groups is 2. The average Bonchev–Trinajstić information content (AvgIpc) is 2.98.